The number of benzene rings is 1. The number of carbonyl (C=O) groups is 1. The molecule has 1 rings (SSSR count). The lowest BCUT2D eigenvalue weighted by Gasteiger charge is -2.13. The second-order valence-electron chi connectivity index (χ2n) is 8.21. The Bertz CT molecular complexity index is 524. The summed E-state index contributed by atoms with van der Waals surface area (Å²) in [6, 6.07) is 9.53. The lowest BCUT2D eigenvalue weighted by atomic mass is 9.93. The largest absolute Gasteiger partial charge is 0.481 e. The minimum absolute atomic E-state index is 0.0240. The maximum atomic E-state index is 11.5. The Balaban J connectivity index is 1.89. The van der Waals surface area contributed by atoms with Crippen LogP contribution in [0.25, 0.3) is 0 Å². The number of aliphatic hydroxyl groups is 3. The molecule has 0 radical (unpaired) electrons. The summed E-state index contributed by atoms with van der Waals surface area (Å²) in [5, 5.41) is 35.8. The van der Waals surface area contributed by atoms with Crippen molar-refractivity contribution in [3.8, 4) is 0 Å². The van der Waals surface area contributed by atoms with E-state index in [-0.39, 0.29) is 12.3 Å². The molecular weight excluding hydrogens is 368 g/mol. The average Bonchev–Trinajstić information content (AvgIpc) is 2.67. The van der Waals surface area contributed by atoms with E-state index in [2.05, 4.69) is 0 Å². The summed E-state index contributed by atoms with van der Waals surface area (Å²) < 4.78 is 0. The van der Waals surface area contributed by atoms with Crippen molar-refractivity contribution in [1.29, 1.82) is 0 Å². The van der Waals surface area contributed by atoms with Crippen LogP contribution in [0.15, 0.2) is 30.3 Å². The third-order valence-corrected chi connectivity index (χ3v) is 5.51. The van der Waals surface area contributed by atoms with Gasteiger partial charge in [-0.3, -0.25) is 4.79 Å². The zero-order chi connectivity index (χ0) is 21.4. The van der Waals surface area contributed by atoms with E-state index >= 15 is 0 Å². The summed E-state index contributed by atoms with van der Waals surface area (Å²) in [5.74, 6) is -3.60. The number of unbranched alkanes of at least 4 members (excludes halogenated alkanes) is 12. The normalized spacial score (nSPS) is 12.8. The molecule has 0 aliphatic heterocycles. The van der Waals surface area contributed by atoms with Gasteiger partial charge in [0.1, 0.15) is 0 Å². The first-order chi connectivity index (χ1) is 13.9. The second kappa shape index (κ2) is 15.4. The molecule has 0 bridgehead atoms. The molecule has 1 unspecified atom stereocenters. The highest BCUT2D eigenvalue weighted by atomic mass is 16.7. The van der Waals surface area contributed by atoms with Crippen molar-refractivity contribution in [1.82, 2.24) is 0 Å². The molecule has 1 atom stereocenters. The molecule has 1 aromatic carbocycles. The monoisotopic (exact) mass is 408 g/mol. The van der Waals surface area contributed by atoms with Crippen molar-refractivity contribution >= 4 is 5.97 Å². The number of rotatable bonds is 18. The lowest BCUT2D eigenvalue weighted by molar-refractivity contribution is -0.315. The van der Waals surface area contributed by atoms with E-state index < -0.39 is 11.9 Å². The third kappa shape index (κ3) is 14.2. The Hall–Kier alpha value is -1.43. The van der Waals surface area contributed by atoms with Crippen LogP contribution in [-0.4, -0.2) is 32.4 Å². The summed E-state index contributed by atoms with van der Waals surface area (Å²) in [6.07, 6.45) is 15.3. The summed E-state index contributed by atoms with van der Waals surface area (Å²) in [4.78, 5) is 11.5. The van der Waals surface area contributed by atoms with Gasteiger partial charge in [0.05, 0.1) is 5.92 Å². The van der Waals surface area contributed by atoms with E-state index in [1.807, 2.05) is 30.3 Å². The van der Waals surface area contributed by atoms with E-state index in [1.165, 1.54) is 51.4 Å². The first-order valence-electron chi connectivity index (χ1n) is 11.3. The summed E-state index contributed by atoms with van der Waals surface area (Å²) >= 11 is 0. The Morgan fingerprint density at radius 1 is 0.690 bits per heavy atom. The third-order valence-electron chi connectivity index (χ3n) is 5.51. The summed E-state index contributed by atoms with van der Waals surface area (Å²) in [5.41, 5.74) is 0.906. The molecule has 0 saturated carbocycles. The van der Waals surface area contributed by atoms with Gasteiger partial charge in [-0.2, -0.15) is 0 Å². The fraction of sp³-hybridized carbons (Fsp3) is 0.708. The Morgan fingerprint density at radius 2 is 1.10 bits per heavy atom. The van der Waals surface area contributed by atoms with Crippen LogP contribution in [0.2, 0.25) is 0 Å². The van der Waals surface area contributed by atoms with Crippen LogP contribution in [0.5, 0.6) is 0 Å². The van der Waals surface area contributed by atoms with Crippen LogP contribution in [0, 0.1) is 0 Å². The van der Waals surface area contributed by atoms with Crippen molar-refractivity contribution in [2.75, 3.05) is 0 Å². The minimum Gasteiger partial charge on any atom is -0.481 e. The summed E-state index contributed by atoms with van der Waals surface area (Å²) in [6.45, 7) is 0. The highest BCUT2D eigenvalue weighted by Crippen LogP contribution is 2.23. The molecule has 0 heterocycles. The number of hydrogen-bond donors (Lipinski definition) is 4. The van der Waals surface area contributed by atoms with Gasteiger partial charge in [-0.15, -0.1) is 0 Å². The molecule has 0 fully saturated rings. The molecule has 0 amide bonds. The standard InChI is InChI=1S/C24H40O5/c25-23(26)22(21-17-13-12-14-18-21)19-15-10-8-6-4-2-1-3-5-7-9-11-16-20-24(27,28)29/h12-14,17-18,22,27-29H,1-11,15-16,19-20H2,(H,25,26). The van der Waals surface area contributed by atoms with Crippen LogP contribution < -0.4 is 0 Å². The number of carboxylic acids is 1. The van der Waals surface area contributed by atoms with E-state index in [9.17, 15) is 9.90 Å². The number of hydrogen-bond acceptors (Lipinski definition) is 4. The maximum Gasteiger partial charge on any atom is 0.310 e. The predicted molar refractivity (Wildman–Crippen MR) is 115 cm³/mol. The molecule has 5 heteroatoms. The molecule has 0 aliphatic rings. The van der Waals surface area contributed by atoms with Gasteiger partial charge in [-0.25, -0.2) is 0 Å². The summed E-state index contributed by atoms with van der Waals surface area (Å²) in [7, 11) is 0. The average molecular weight is 409 g/mol. The highest BCUT2D eigenvalue weighted by Gasteiger charge is 2.18. The maximum absolute atomic E-state index is 11.5. The van der Waals surface area contributed by atoms with E-state index in [0.717, 1.165) is 37.7 Å². The molecule has 0 saturated heterocycles. The van der Waals surface area contributed by atoms with Gasteiger partial charge in [-0.05, 0) is 18.4 Å². The van der Waals surface area contributed by atoms with Gasteiger partial charge in [0.15, 0.2) is 0 Å². The number of aliphatic carboxylic acids is 1. The van der Waals surface area contributed by atoms with Crippen molar-refractivity contribution in [3.63, 3.8) is 0 Å². The zero-order valence-electron chi connectivity index (χ0n) is 17.8. The van der Waals surface area contributed by atoms with Crippen molar-refractivity contribution in [2.45, 2.75) is 108 Å². The van der Waals surface area contributed by atoms with Gasteiger partial charge in [0.25, 0.3) is 5.97 Å². The topological polar surface area (TPSA) is 98.0 Å². The molecule has 0 aliphatic carbocycles. The molecule has 0 spiro atoms. The SMILES string of the molecule is O=C(O)C(CCCCCCCCCCCCCCCC(O)(O)O)c1ccccc1. The van der Waals surface area contributed by atoms with Gasteiger partial charge in [0, 0.05) is 6.42 Å². The first-order valence-corrected chi connectivity index (χ1v) is 11.3. The minimum atomic E-state index is -2.50. The Morgan fingerprint density at radius 3 is 1.52 bits per heavy atom. The van der Waals surface area contributed by atoms with E-state index in [4.69, 9.17) is 15.3 Å². The fourth-order valence-corrected chi connectivity index (χ4v) is 3.77. The van der Waals surface area contributed by atoms with Gasteiger partial charge in [-0.1, -0.05) is 107 Å². The van der Waals surface area contributed by atoms with Crippen LogP contribution in [0.3, 0.4) is 0 Å². The van der Waals surface area contributed by atoms with Crippen molar-refractivity contribution < 1.29 is 25.2 Å². The molecule has 5 nitrogen and oxygen atoms in total. The van der Waals surface area contributed by atoms with E-state index in [0.29, 0.717) is 6.42 Å². The predicted octanol–water partition coefficient (Wildman–Crippen LogP) is 5.34. The van der Waals surface area contributed by atoms with Gasteiger partial charge in [0.2, 0.25) is 0 Å². The molecule has 4 N–H and O–H groups in total. The first kappa shape index (κ1) is 25.6. The molecular formula is C24H40O5. The van der Waals surface area contributed by atoms with Crippen molar-refractivity contribution in [2.24, 2.45) is 0 Å². The van der Waals surface area contributed by atoms with Gasteiger partial charge < -0.3 is 20.4 Å². The molecule has 0 aromatic heterocycles. The second-order valence-corrected chi connectivity index (χ2v) is 8.21. The van der Waals surface area contributed by atoms with E-state index in [1.54, 1.807) is 0 Å². The number of carboxylic acid groups (broad SMARTS) is 1. The highest BCUT2D eigenvalue weighted by molar-refractivity contribution is 5.75. The Labute approximate surface area is 175 Å². The zero-order valence-corrected chi connectivity index (χ0v) is 17.8. The van der Waals surface area contributed by atoms with Gasteiger partial charge >= 0.3 is 5.97 Å². The smallest absolute Gasteiger partial charge is 0.310 e. The van der Waals surface area contributed by atoms with Crippen LogP contribution in [0.1, 0.15) is 108 Å². The van der Waals surface area contributed by atoms with Crippen LogP contribution in [0.4, 0.5) is 0 Å². The van der Waals surface area contributed by atoms with Crippen LogP contribution in [-0.2, 0) is 4.79 Å². The molecule has 166 valence electrons. The molecule has 29 heavy (non-hydrogen) atoms. The molecule has 1 aromatic rings. The van der Waals surface area contributed by atoms with Crippen LogP contribution >= 0.6 is 0 Å². The van der Waals surface area contributed by atoms with Crippen molar-refractivity contribution in [3.05, 3.63) is 35.9 Å². The lowest BCUT2D eigenvalue weighted by Crippen LogP contribution is -2.26. The Kier molecular flexibility index (Phi) is 13.6. The fourth-order valence-electron chi connectivity index (χ4n) is 3.77. The quantitative estimate of drug-likeness (QED) is 0.194.